The highest BCUT2D eigenvalue weighted by molar-refractivity contribution is 6.30. The van der Waals surface area contributed by atoms with Crippen molar-refractivity contribution in [2.24, 2.45) is 5.92 Å². The molecule has 0 unspecified atom stereocenters. The summed E-state index contributed by atoms with van der Waals surface area (Å²) in [6.07, 6.45) is 2.33. The Kier molecular flexibility index (Phi) is 4.87. The summed E-state index contributed by atoms with van der Waals surface area (Å²) >= 11 is 5.92. The Bertz CT molecular complexity index is 683. The van der Waals surface area contributed by atoms with Crippen LogP contribution in [0, 0.1) is 12.8 Å². The molecule has 1 amide bonds. The van der Waals surface area contributed by atoms with E-state index in [4.69, 9.17) is 16.3 Å². The zero-order valence-electron chi connectivity index (χ0n) is 13.1. The molecule has 4 heteroatoms. The molecule has 0 aliphatic heterocycles. The second kappa shape index (κ2) is 7.05. The summed E-state index contributed by atoms with van der Waals surface area (Å²) in [7, 11) is 0. The lowest BCUT2D eigenvalue weighted by molar-refractivity contribution is -0.124. The van der Waals surface area contributed by atoms with E-state index in [0.717, 1.165) is 24.0 Å². The largest absolute Gasteiger partial charge is 0.484 e. The van der Waals surface area contributed by atoms with E-state index in [2.05, 4.69) is 17.4 Å². The number of hydrogen-bond donors (Lipinski definition) is 1. The zero-order valence-corrected chi connectivity index (χ0v) is 13.8. The molecule has 2 aromatic rings. The molecule has 1 atom stereocenters. The Balaban J connectivity index is 1.59. The van der Waals surface area contributed by atoms with E-state index in [9.17, 15) is 4.79 Å². The van der Waals surface area contributed by atoms with Crippen LogP contribution in [0.4, 0.5) is 0 Å². The minimum Gasteiger partial charge on any atom is -0.484 e. The number of halogens is 1. The van der Waals surface area contributed by atoms with Gasteiger partial charge in [0.25, 0.3) is 5.91 Å². The van der Waals surface area contributed by atoms with Crippen molar-refractivity contribution in [3.8, 4) is 5.75 Å². The van der Waals surface area contributed by atoms with Crippen molar-refractivity contribution in [1.29, 1.82) is 0 Å². The fourth-order valence-corrected chi connectivity index (χ4v) is 2.92. The Morgan fingerprint density at radius 3 is 2.65 bits per heavy atom. The molecular weight excluding hydrogens is 310 g/mol. The van der Waals surface area contributed by atoms with Gasteiger partial charge in [-0.25, -0.2) is 0 Å². The van der Waals surface area contributed by atoms with Crippen LogP contribution in [0.2, 0.25) is 5.02 Å². The Morgan fingerprint density at radius 1 is 1.26 bits per heavy atom. The predicted molar refractivity (Wildman–Crippen MR) is 91.7 cm³/mol. The molecule has 0 heterocycles. The predicted octanol–water partition coefficient (Wildman–Crippen LogP) is 4.29. The first-order valence-corrected chi connectivity index (χ1v) is 8.24. The lowest BCUT2D eigenvalue weighted by Crippen LogP contribution is -2.33. The van der Waals surface area contributed by atoms with Gasteiger partial charge in [0.05, 0.1) is 6.04 Å². The highest BCUT2D eigenvalue weighted by atomic mass is 35.5. The molecule has 3 rings (SSSR count). The van der Waals surface area contributed by atoms with Crippen molar-refractivity contribution in [3.05, 3.63) is 64.7 Å². The molecule has 2 aromatic carbocycles. The topological polar surface area (TPSA) is 38.3 Å². The molecule has 120 valence electrons. The molecule has 0 aromatic heterocycles. The third-order valence-electron chi connectivity index (χ3n) is 4.06. The number of carbonyl (C=O) groups is 1. The number of amides is 1. The van der Waals surface area contributed by atoms with Crippen molar-refractivity contribution in [1.82, 2.24) is 5.32 Å². The molecule has 0 spiro atoms. The SMILES string of the molecule is Cc1cc(Cl)ccc1OCC(=O)N[C@@H](c1ccccc1)C1CC1. The molecular formula is C19H20ClNO2. The number of benzene rings is 2. The van der Waals surface area contributed by atoms with Crippen molar-refractivity contribution in [2.75, 3.05) is 6.61 Å². The Morgan fingerprint density at radius 2 is 2.00 bits per heavy atom. The number of aryl methyl sites for hydroxylation is 1. The van der Waals surface area contributed by atoms with Crippen molar-refractivity contribution in [2.45, 2.75) is 25.8 Å². The van der Waals surface area contributed by atoms with Gasteiger partial charge in [0.1, 0.15) is 5.75 Å². The Hall–Kier alpha value is -2.00. The van der Waals surface area contributed by atoms with Gasteiger partial charge in [0.2, 0.25) is 0 Å². The van der Waals surface area contributed by atoms with Gasteiger partial charge in [-0.05, 0) is 55.0 Å². The highest BCUT2D eigenvalue weighted by Crippen LogP contribution is 2.40. The second-order valence-corrected chi connectivity index (χ2v) is 6.43. The maximum atomic E-state index is 12.2. The quantitative estimate of drug-likeness (QED) is 0.858. The van der Waals surface area contributed by atoms with Crippen LogP contribution in [-0.2, 0) is 4.79 Å². The van der Waals surface area contributed by atoms with Crippen LogP contribution >= 0.6 is 11.6 Å². The maximum absolute atomic E-state index is 12.2. The lowest BCUT2D eigenvalue weighted by atomic mass is 10.0. The zero-order chi connectivity index (χ0) is 16.2. The van der Waals surface area contributed by atoms with Gasteiger partial charge in [-0.15, -0.1) is 0 Å². The third-order valence-corrected chi connectivity index (χ3v) is 4.30. The van der Waals surface area contributed by atoms with Gasteiger partial charge in [0.15, 0.2) is 6.61 Å². The molecule has 1 N–H and O–H groups in total. The molecule has 1 aliphatic carbocycles. The fourth-order valence-electron chi connectivity index (χ4n) is 2.70. The van der Waals surface area contributed by atoms with Crippen LogP contribution in [0.25, 0.3) is 0 Å². The van der Waals surface area contributed by atoms with Crippen LogP contribution in [-0.4, -0.2) is 12.5 Å². The van der Waals surface area contributed by atoms with E-state index in [-0.39, 0.29) is 18.6 Å². The summed E-state index contributed by atoms with van der Waals surface area (Å²) < 4.78 is 5.62. The average molecular weight is 330 g/mol. The normalized spacial score (nSPS) is 15.0. The van der Waals surface area contributed by atoms with E-state index in [1.807, 2.05) is 31.2 Å². The van der Waals surface area contributed by atoms with Gasteiger partial charge >= 0.3 is 0 Å². The molecule has 1 fully saturated rings. The summed E-state index contributed by atoms with van der Waals surface area (Å²) in [6.45, 7) is 1.93. The summed E-state index contributed by atoms with van der Waals surface area (Å²) in [4.78, 5) is 12.2. The maximum Gasteiger partial charge on any atom is 0.258 e. The van der Waals surface area contributed by atoms with E-state index in [1.165, 1.54) is 0 Å². The van der Waals surface area contributed by atoms with E-state index >= 15 is 0 Å². The lowest BCUT2D eigenvalue weighted by Gasteiger charge is -2.19. The monoisotopic (exact) mass is 329 g/mol. The van der Waals surface area contributed by atoms with Crippen molar-refractivity contribution in [3.63, 3.8) is 0 Å². The van der Waals surface area contributed by atoms with E-state index < -0.39 is 0 Å². The molecule has 0 saturated heterocycles. The first kappa shape index (κ1) is 15.9. The van der Waals surface area contributed by atoms with Gasteiger partial charge in [-0.2, -0.15) is 0 Å². The van der Waals surface area contributed by atoms with Crippen LogP contribution in [0.3, 0.4) is 0 Å². The molecule has 1 aliphatic rings. The van der Waals surface area contributed by atoms with Crippen LogP contribution in [0.15, 0.2) is 48.5 Å². The van der Waals surface area contributed by atoms with Crippen LogP contribution in [0.5, 0.6) is 5.75 Å². The van der Waals surface area contributed by atoms with Gasteiger partial charge in [0, 0.05) is 5.02 Å². The molecule has 0 radical (unpaired) electrons. The van der Waals surface area contributed by atoms with Crippen molar-refractivity contribution < 1.29 is 9.53 Å². The first-order valence-electron chi connectivity index (χ1n) is 7.87. The molecule has 3 nitrogen and oxygen atoms in total. The summed E-state index contributed by atoms with van der Waals surface area (Å²) in [5.74, 6) is 1.13. The minimum absolute atomic E-state index is 0.0124. The Labute approximate surface area is 141 Å². The molecule has 0 bridgehead atoms. The first-order chi connectivity index (χ1) is 11.1. The summed E-state index contributed by atoms with van der Waals surface area (Å²) in [5.41, 5.74) is 2.08. The minimum atomic E-state index is -0.0971. The number of rotatable bonds is 6. The smallest absolute Gasteiger partial charge is 0.258 e. The van der Waals surface area contributed by atoms with E-state index in [1.54, 1.807) is 12.1 Å². The standard InChI is InChI=1S/C19H20ClNO2/c1-13-11-16(20)9-10-17(13)23-12-18(22)21-19(15-7-8-15)14-5-3-2-4-6-14/h2-6,9-11,15,19H,7-8,12H2,1H3,(H,21,22)/t19-/m0/s1. The number of hydrogen-bond acceptors (Lipinski definition) is 2. The van der Waals surface area contributed by atoms with E-state index in [0.29, 0.717) is 16.7 Å². The second-order valence-electron chi connectivity index (χ2n) is 5.99. The van der Waals surface area contributed by atoms with Gasteiger partial charge in [-0.1, -0.05) is 41.9 Å². The summed E-state index contributed by atoms with van der Waals surface area (Å²) in [5, 5.41) is 3.77. The van der Waals surface area contributed by atoms with Crippen LogP contribution in [0.1, 0.15) is 30.0 Å². The highest BCUT2D eigenvalue weighted by Gasteiger charge is 2.33. The average Bonchev–Trinajstić information content (AvgIpc) is 3.37. The summed E-state index contributed by atoms with van der Waals surface area (Å²) in [6, 6.07) is 15.6. The van der Waals surface area contributed by atoms with Gasteiger partial charge in [-0.3, -0.25) is 4.79 Å². The molecule has 1 saturated carbocycles. The number of carbonyl (C=O) groups excluding carboxylic acids is 1. The van der Waals surface area contributed by atoms with Gasteiger partial charge < -0.3 is 10.1 Å². The number of ether oxygens (including phenoxy) is 1. The fraction of sp³-hybridized carbons (Fsp3) is 0.316. The molecule has 23 heavy (non-hydrogen) atoms. The third kappa shape index (κ3) is 4.26. The van der Waals surface area contributed by atoms with Crippen LogP contribution < -0.4 is 10.1 Å². The number of nitrogens with one attached hydrogen (secondary N) is 1. The van der Waals surface area contributed by atoms with Crippen molar-refractivity contribution >= 4 is 17.5 Å².